The Hall–Kier alpha value is -1.60. The van der Waals surface area contributed by atoms with E-state index in [4.69, 9.17) is 10.2 Å². The molecule has 1 atom stereocenters. The fraction of sp³-hybridized carbons (Fsp3) is 0.333. The zero-order valence-corrected chi connectivity index (χ0v) is 10.8. The Balaban J connectivity index is 2.20. The Labute approximate surface area is 113 Å². The number of halogens is 1. The third-order valence-electron chi connectivity index (χ3n) is 2.19. The van der Waals surface area contributed by atoms with Crippen LogP contribution < -0.4 is 5.32 Å². The summed E-state index contributed by atoms with van der Waals surface area (Å²) in [6, 6.07) is 5.91. The van der Waals surface area contributed by atoms with Crippen LogP contribution in [0.1, 0.15) is 6.42 Å². The van der Waals surface area contributed by atoms with Gasteiger partial charge >= 0.3 is 5.97 Å². The number of thioether (sulfide) groups is 1. The molecule has 5 nitrogen and oxygen atoms in total. The number of carboxylic acids is 1. The smallest absolute Gasteiger partial charge is 0.334 e. The molecule has 1 rings (SSSR count). The van der Waals surface area contributed by atoms with Crippen molar-refractivity contribution in [2.45, 2.75) is 17.4 Å². The van der Waals surface area contributed by atoms with Gasteiger partial charge in [0.05, 0.1) is 6.54 Å². The van der Waals surface area contributed by atoms with Crippen LogP contribution in [0.15, 0.2) is 29.2 Å². The molecule has 0 aromatic heterocycles. The van der Waals surface area contributed by atoms with E-state index in [1.54, 1.807) is 12.1 Å². The van der Waals surface area contributed by atoms with Crippen molar-refractivity contribution in [2.24, 2.45) is 0 Å². The molecule has 3 N–H and O–H groups in total. The summed E-state index contributed by atoms with van der Waals surface area (Å²) in [6.07, 6.45) is -1.40. The van der Waals surface area contributed by atoms with E-state index in [1.807, 2.05) is 0 Å². The summed E-state index contributed by atoms with van der Waals surface area (Å²) in [5, 5.41) is 19.7. The van der Waals surface area contributed by atoms with Crippen molar-refractivity contribution in [1.82, 2.24) is 5.32 Å². The van der Waals surface area contributed by atoms with Crippen LogP contribution in [0.25, 0.3) is 0 Å². The van der Waals surface area contributed by atoms with E-state index in [0.29, 0.717) is 5.75 Å². The quantitative estimate of drug-likeness (QED) is 0.648. The molecule has 0 radical (unpaired) electrons. The van der Waals surface area contributed by atoms with E-state index < -0.39 is 12.1 Å². The maximum atomic E-state index is 12.6. The third kappa shape index (κ3) is 6.21. The van der Waals surface area contributed by atoms with Crippen LogP contribution in [0.3, 0.4) is 0 Å². The van der Waals surface area contributed by atoms with Gasteiger partial charge in [-0.2, -0.15) is 0 Å². The Morgan fingerprint density at radius 3 is 2.53 bits per heavy atom. The van der Waals surface area contributed by atoms with Crippen molar-refractivity contribution >= 4 is 23.6 Å². The summed E-state index contributed by atoms with van der Waals surface area (Å²) in [5.41, 5.74) is 0. The molecular formula is C12H14FNO4S. The number of benzene rings is 1. The van der Waals surface area contributed by atoms with Gasteiger partial charge in [-0.15, -0.1) is 11.8 Å². The highest BCUT2D eigenvalue weighted by molar-refractivity contribution is 7.99. The summed E-state index contributed by atoms with van der Waals surface area (Å²) < 4.78 is 12.6. The number of amides is 1. The fourth-order valence-electron chi connectivity index (χ4n) is 1.18. The molecule has 19 heavy (non-hydrogen) atoms. The molecule has 0 unspecified atom stereocenters. The molecule has 0 aliphatic carbocycles. The summed E-state index contributed by atoms with van der Waals surface area (Å²) in [6.45, 7) is -0.310. The number of carboxylic acid groups (broad SMARTS) is 1. The monoisotopic (exact) mass is 287 g/mol. The average molecular weight is 287 g/mol. The first-order chi connectivity index (χ1) is 8.99. The van der Waals surface area contributed by atoms with Crippen LogP contribution >= 0.6 is 11.8 Å². The predicted molar refractivity (Wildman–Crippen MR) is 68.4 cm³/mol. The molecule has 0 aliphatic rings. The zero-order valence-electron chi connectivity index (χ0n) is 10.0. The van der Waals surface area contributed by atoms with Crippen LogP contribution in [0.5, 0.6) is 0 Å². The molecule has 1 amide bonds. The third-order valence-corrected chi connectivity index (χ3v) is 3.20. The highest BCUT2D eigenvalue weighted by atomic mass is 32.2. The zero-order chi connectivity index (χ0) is 14.3. The van der Waals surface area contributed by atoms with Crippen LogP contribution in [0.4, 0.5) is 4.39 Å². The second-order valence-corrected chi connectivity index (χ2v) is 4.88. The first-order valence-electron chi connectivity index (χ1n) is 5.55. The van der Waals surface area contributed by atoms with Crippen molar-refractivity contribution < 1.29 is 24.2 Å². The van der Waals surface area contributed by atoms with Crippen molar-refractivity contribution in [3.63, 3.8) is 0 Å². The van der Waals surface area contributed by atoms with Gasteiger partial charge in [0.15, 0.2) is 6.10 Å². The van der Waals surface area contributed by atoms with Gasteiger partial charge in [0, 0.05) is 17.1 Å². The number of hydrogen-bond acceptors (Lipinski definition) is 4. The van der Waals surface area contributed by atoms with E-state index >= 15 is 0 Å². The number of aliphatic carboxylic acids is 1. The van der Waals surface area contributed by atoms with Crippen LogP contribution in [0, 0.1) is 5.82 Å². The highest BCUT2D eigenvalue weighted by Crippen LogP contribution is 2.18. The van der Waals surface area contributed by atoms with Gasteiger partial charge in [0.25, 0.3) is 0 Å². The Kier molecular flexibility index (Phi) is 6.31. The van der Waals surface area contributed by atoms with Gasteiger partial charge in [-0.3, -0.25) is 4.79 Å². The molecule has 0 heterocycles. The van der Waals surface area contributed by atoms with Crippen molar-refractivity contribution in [2.75, 3.05) is 12.3 Å². The lowest BCUT2D eigenvalue weighted by Crippen LogP contribution is -2.36. The first kappa shape index (κ1) is 15.5. The number of carbonyl (C=O) groups is 2. The van der Waals surface area contributed by atoms with Gasteiger partial charge in [-0.25, -0.2) is 9.18 Å². The molecule has 0 aliphatic heterocycles. The molecular weight excluding hydrogens is 273 g/mol. The molecule has 0 saturated carbocycles. The molecule has 104 valence electrons. The molecule has 1 aromatic rings. The van der Waals surface area contributed by atoms with Crippen molar-refractivity contribution in [3.05, 3.63) is 30.1 Å². The maximum Gasteiger partial charge on any atom is 0.334 e. The normalized spacial score (nSPS) is 11.9. The lowest BCUT2D eigenvalue weighted by atomic mass is 10.3. The maximum absolute atomic E-state index is 12.6. The number of aliphatic hydroxyl groups is 1. The van der Waals surface area contributed by atoms with E-state index in [-0.39, 0.29) is 24.7 Å². The molecule has 7 heteroatoms. The number of aliphatic hydroxyl groups excluding tert-OH is 1. The SMILES string of the molecule is O=C(CCSc1ccc(F)cc1)NC[C@H](O)C(=O)O. The average Bonchev–Trinajstić information content (AvgIpc) is 2.38. The Morgan fingerprint density at radius 1 is 1.32 bits per heavy atom. The lowest BCUT2D eigenvalue weighted by molar-refractivity contribution is -0.146. The van der Waals surface area contributed by atoms with E-state index in [2.05, 4.69) is 5.32 Å². The first-order valence-corrected chi connectivity index (χ1v) is 6.53. The number of hydrogen-bond donors (Lipinski definition) is 3. The highest BCUT2D eigenvalue weighted by Gasteiger charge is 2.13. The second-order valence-electron chi connectivity index (χ2n) is 3.71. The van der Waals surface area contributed by atoms with E-state index in [0.717, 1.165) is 4.90 Å². The summed E-state index contributed by atoms with van der Waals surface area (Å²) in [7, 11) is 0. The van der Waals surface area contributed by atoms with E-state index in [9.17, 15) is 14.0 Å². The van der Waals surface area contributed by atoms with Gasteiger partial charge in [0.1, 0.15) is 5.82 Å². The molecule has 0 spiro atoms. The minimum Gasteiger partial charge on any atom is -0.479 e. The number of carbonyl (C=O) groups excluding carboxylic acids is 1. The minimum absolute atomic E-state index is 0.189. The standard InChI is InChI=1S/C12H14FNO4S/c13-8-1-3-9(4-2-8)19-6-5-11(16)14-7-10(15)12(17)18/h1-4,10,15H,5-7H2,(H,14,16)(H,17,18)/t10-/m0/s1. The van der Waals surface area contributed by atoms with Crippen LogP contribution in [-0.4, -0.2) is 40.5 Å². The van der Waals surface area contributed by atoms with Gasteiger partial charge in [-0.05, 0) is 24.3 Å². The fourth-order valence-corrected chi connectivity index (χ4v) is 2.03. The van der Waals surface area contributed by atoms with Crippen LogP contribution in [-0.2, 0) is 9.59 Å². The lowest BCUT2D eigenvalue weighted by Gasteiger charge is -2.07. The molecule has 1 aromatic carbocycles. The van der Waals surface area contributed by atoms with Crippen molar-refractivity contribution in [3.8, 4) is 0 Å². The molecule has 0 saturated heterocycles. The van der Waals surface area contributed by atoms with Gasteiger partial charge in [-0.1, -0.05) is 0 Å². The predicted octanol–water partition coefficient (Wildman–Crippen LogP) is 0.870. The summed E-state index contributed by atoms with van der Waals surface area (Å²) in [5.74, 6) is -1.54. The largest absolute Gasteiger partial charge is 0.479 e. The molecule has 0 fully saturated rings. The Morgan fingerprint density at radius 2 is 1.95 bits per heavy atom. The van der Waals surface area contributed by atoms with Gasteiger partial charge < -0.3 is 15.5 Å². The van der Waals surface area contributed by atoms with Crippen LogP contribution in [0.2, 0.25) is 0 Å². The summed E-state index contributed by atoms with van der Waals surface area (Å²) in [4.78, 5) is 22.5. The summed E-state index contributed by atoms with van der Waals surface area (Å²) >= 11 is 1.39. The Bertz CT molecular complexity index is 438. The van der Waals surface area contributed by atoms with Crippen molar-refractivity contribution in [1.29, 1.82) is 0 Å². The second kappa shape index (κ2) is 7.75. The topological polar surface area (TPSA) is 86.6 Å². The molecule has 0 bridgehead atoms. The van der Waals surface area contributed by atoms with Gasteiger partial charge in [0.2, 0.25) is 5.91 Å². The number of rotatable bonds is 7. The number of nitrogens with one attached hydrogen (secondary N) is 1. The minimum atomic E-state index is -1.59. The van der Waals surface area contributed by atoms with E-state index in [1.165, 1.54) is 23.9 Å².